The summed E-state index contributed by atoms with van der Waals surface area (Å²) in [6.45, 7) is 1.71. The van der Waals surface area contributed by atoms with Gasteiger partial charge in [0.15, 0.2) is 0 Å². The van der Waals surface area contributed by atoms with E-state index in [0.29, 0.717) is 5.56 Å². The molecular weight excluding hydrogens is 340 g/mol. The lowest BCUT2D eigenvalue weighted by Crippen LogP contribution is -2.34. The Balaban J connectivity index is 1.78. The molecule has 0 saturated carbocycles. The molecule has 0 atom stereocenters. The van der Waals surface area contributed by atoms with Crippen LogP contribution in [0.2, 0.25) is 0 Å². The molecule has 4 rings (SSSR count). The van der Waals surface area contributed by atoms with Gasteiger partial charge in [-0.1, -0.05) is 24.3 Å². The van der Waals surface area contributed by atoms with Crippen LogP contribution in [0.1, 0.15) is 23.2 Å². The number of hydrogen-bond donors (Lipinski definition) is 1. The molecule has 0 spiro atoms. The number of rotatable bonds is 5. The first-order valence-electron chi connectivity index (χ1n) is 9.28. The van der Waals surface area contributed by atoms with E-state index in [1.54, 1.807) is 18.3 Å². The number of ether oxygens (including phenoxy) is 1. The molecule has 0 aliphatic carbocycles. The first kappa shape index (κ1) is 17.6. The molecule has 2 heterocycles. The topological polar surface area (TPSA) is 74.1 Å². The Bertz CT molecular complexity index is 947. The summed E-state index contributed by atoms with van der Waals surface area (Å²) >= 11 is 0. The SMILES string of the molecule is O=C(C[OH2+])c1ccc(-c2c(OC3CCNCC3)ccc3cnccc23)cc1. The van der Waals surface area contributed by atoms with Gasteiger partial charge >= 0.3 is 0 Å². The fraction of sp³-hybridized carbons (Fsp3) is 0.273. The zero-order valence-electron chi connectivity index (χ0n) is 15.1. The third kappa shape index (κ3) is 3.70. The van der Waals surface area contributed by atoms with Crippen LogP contribution in [0.25, 0.3) is 21.9 Å². The number of ketones is 1. The first-order valence-corrected chi connectivity index (χ1v) is 9.28. The fourth-order valence-electron chi connectivity index (χ4n) is 3.56. The van der Waals surface area contributed by atoms with E-state index in [4.69, 9.17) is 9.84 Å². The maximum atomic E-state index is 11.8. The second-order valence-corrected chi connectivity index (χ2v) is 6.78. The number of fused-ring (bicyclic) bond motifs is 1. The van der Waals surface area contributed by atoms with Crippen molar-refractivity contribution in [3.8, 4) is 16.9 Å². The number of nitrogens with zero attached hydrogens (tertiary/aromatic N) is 1. The second-order valence-electron chi connectivity index (χ2n) is 6.78. The Labute approximate surface area is 158 Å². The van der Waals surface area contributed by atoms with Crippen molar-refractivity contribution in [3.05, 3.63) is 60.4 Å². The fourth-order valence-corrected chi connectivity index (χ4v) is 3.56. The number of aromatic nitrogens is 1. The summed E-state index contributed by atoms with van der Waals surface area (Å²) in [5, 5.41) is 12.8. The van der Waals surface area contributed by atoms with Gasteiger partial charge in [0.05, 0.1) is 0 Å². The zero-order valence-corrected chi connectivity index (χ0v) is 15.1. The number of Topliss-reactive ketones (excluding diaryl/α,β-unsaturated/α-hetero) is 1. The monoisotopic (exact) mass is 363 g/mol. The van der Waals surface area contributed by atoms with Gasteiger partial charge in [-0.2, -0.15) is 0 Å². The summed E-state index contributed by atoms with van der Waals surface area (Å²) in [5.41, 5.74) is 2.59. The van der Waals surface area contributed by atoms with Gasteiger partial charge in [-0.05, 0) is 55.1 Å². The highest BCUT2D eigenvalue weighted by molar-refractivity contribution is 6.01. The van der Waals surface area contributed by atoms with E-state index < -0.39 is 0 Å². The molecule has 27 heavy (non-hydrogen) atoms. The van der Waals surface area contributed by atoms with Crippen LogP contribution in [-0.4, -0.2) is 41.7 Å². The van der Waals surface area contributed by atoms with Gasteiger partial charge in [-0.3, -0.25) is 9.78 Å². The summed E-state index contributed by atoms with van der Waals surface area (Å²) in [6, 6.07) is 13.5. The average molecular weight is 363 g/mol. The smallest absolute Gasteiger partial charge is 0.237 e. The lowest BCUT2D eigenvalue weighted by Gasteiger charge is -2.25. The minimum atomic E-state index is -0.233. The van der Waals surface area contributed by atoms with Gasteiger partial charge < -0.3 is 15.2 Å². The van der Waals surface area contributed by atoms with E-state index in [1.165, 1.54) is 0 Å². The number of hydrogen-bond acceptors (Lipinski definition) is 4. The lowest BCUT2D eigenvalue weighted by atomic mass is 9.96. The number of carbonyl (C=O) groups excluding carboxylic acids is 1. The Hall–Kier alpha value is -2.76. The van der Waals surface area contributed by atoms with Crippen LogP contribution >= 0.6 is 0 Å². The van der Waals surface area contributed by atoms with Gasteiger partial charge in [-0.15, -0.1) is 0 Å². The quantitative estimate of drug-likeness (QED) is 0.559. The Morgan fingerprint density at radius 2 is 1.89 bits per heavy atom. The maximum Gasteiger partial charge on any atom is 0.237 e. The minimum absolute atomic E-state index is 0.171. The number of piperidine rings is 1. The van der Waals surface area contributed by atoms with E-state index in [1.807, 2.05) is 36.5 Å². The molecule has 5 nitrogen and oxygen atoms in total. The predicted octanol–water partition coefficient (Wildman–Crippen LogP) is 2.94. The van der Waals surface area contributed by atoms with Crippen molar-refractivity contribution in [1.82, 2.24) is 10.3 Å². The number of benzene rings is 2. The van der Waals surface area contributed by atoms with E-state index >= 15 is 0 Å². The molecule has 2 aromatic carbocycles. The Kier molecular flexibility index (Phi) is 5.14. The van der Waals surface area contributed by atoms with Crippen LogP contribution in [0.3, 0.4) is 0 Å². The third-order valence-corrected chi connectivity index (χ3v) is 5.02. The summed E-state index contributed by atoms with van der Waals surface area (Å²) in [5.74, 6) is 0.690. The molecular formula is C22H23N2O3+. The van der Waals surface area contributed by atoms with Crippen LogP contribution in [0, 0.1) is 0 Å². The molecule has 0 bridgehead atoms. The molecule has 3 aromatic rings. The Morgan fingerprint density at radius 1 is 1.11 bits per heavy atom. The van der Waals surface area contributed by atoms with Crippen LogP contribution < -0.4 is 10.1 Å². The van der Waals surface area contributed by atoms with Gasteiger partial charge in [-0.25, -0.2) is 0 Å². The van der Waals surface area contributed by atoms with Crippen molar-refractivity contribution in [1.29, 1.82) is 0 Å². The molecule has 1 fully saturated rings. The van der Waals surface area contributed by atoms with Crippen molar-refractivity contribution in [2.75, 3.05) is 19.7 Å². The number of nitrogens with one attached hydrogen (secondary N) is 1. The lowest BCUT2D eigenvalue weighted by molar-refractivity contribution is 0.0904. The summed E-state index contributed by atoms with van der Waals surface area (Å²) in [7, 11) is 0. The van der Waals surface area contributed by atoms with Crippen LogP contribution in [0.4, 0.5) is 0 Å². The maximum absolute atomic E-state index is 11.8. The van der Waals surface area contributed by atoms with Crippen molar-refractivity contribution in [2.24, 2.45) is 0 Å². The van der Waals surface area contributed by atoms with Crippen LogP contribution in [0.15, 0.2) is 54.9 Å². The molecule has 138 valence electrons. The van der Waals surface area contributed by atoms with E-state index in [2.05, 4.69) is 10.3 Å². The molecule has 1 aliphatic heterocycles. The molecule has 0 amide bonds. The van der Waals surface area contributed by atoms with Crippen molar-refractivity contribution in [2.45, 2.75) is 18.9 Å². The predicted molar refractivity (Wildman–Crippen MR) is 107 cm³/mol. The molecule has 0 radical (unpaired) electrons. The third-order valence-electron chi connectivity index (χ3n) is 5.02. The van der Waals surface area contributed by atoms with Gasteiger partial charge in [0, 0.05) is 28.9 Å². The molecule has 5 heteroatoms. The summed E-state index contributed by atoms with van der Waals surface area (Å²) in [4.78, 5) is 16.0. The van der Waals surface area contributed by atoms with Gasteiger partial charge in [0.1, 0.15) is 11.9 Å². The largest absolute Gasteiger partial charge is 0.490 e. The molecule has 1 aromatic heterocycles. The molecule has 0 unspecified atom stereocenters. The Morgan fingerprint density at radius 3 is 2.63 bits per heavy atom. The van der Waals surface area contributed by atoms with Gasteiger partial charge in [0.2, 0.25) is 12.4 Å². The van der Waals surface area contributed by atoms with Crippen molar-refractivity contribution >= 4 is 16.6 Å². The summed E-state index contributed by atoms with van der Waals surface area (Å²) < 4.78 is 6.39. The van der Waals surface area contributed by atoms with Gasteiger partial charge in [0.25, 0.3) is 0 Å². The van der Waals surface area contributed by atoms with Crippen molar-refractivity contribution < 1.29 is 14.6 Å². The highest BCUT2D eigenvalue weighted by Crippen LogP contribution is 2.38. The van der Waals surface area contributed by atoms with E-state index in [-0.39, 0.29) is 18.5 Å². The van der Waals surface area contributed by atoms with Crippen LogP contribution in [0.5, 0.6) is 5.75 Å². The second kappa shape index (κ2) is 7.86. The normalized spacial score (nSPS) is 15.0. The highest BCUT2D eigenvalue weighted by atomic mass is 16.5. The van der Waals surface area contributed by atoms with Crippen LogP contribution in [-0.2, 0) is 0 Å². The first-order chi connectivity index (χ1) is 13.3. The van der Waals surface area contributed by atoms with E-state index in [0.717, 1.165) is 53.6 Å². The standard InChI is InChI=1S/C22H22N2O3/c25-14-20(26)15-1-3-16(4-2-15)22-19-9-12-24-13-17(19)5-6-21(22)27-18-7-10-23-11-8-18/h1-6,9,12-13,18,23,25H,7-8,10-11,14H2/p+1. The average Bonchev–Trinajstić information content (AvgIpc) is 2.74. The number of carbonyl (C=O) groups is 1. The van der Waals surface area contributed by atoms with E-state index in [9.17, 15) is 4.79 Å². The van der Waals surface area contributed by atoms with Crippen molar-refractivity contribution in [3.63, 3.8) is 0 Å². The molecule has 1 saturated heterocycles. The number of pyridine rings is 1. The molecule has 3 N–H and O–H groups in total. The highest BCUT2D eigenvalue weighted by Gasteiger charge is 2.19. The zero-order chi connectivity index (χ0) is 18.6. The molecule has 1 aliphatic rings. The summed E-state index contributed by atoms with van der Waals surface area (Å²) in [6.07, 6.45) is 5.83. The minimum Gasteiger partial charge on any atom is -0.490 e.